The molecule has 0 heterocycles. The topological polar surface area (TPSA) is 69.4 Å². The fraction of sp³-hybridized carbons (Fsp3) is 0.364. The second-order valence-electron chi connectivity index (χ2n) is 4.55. The molecule has 0 aliphatic rings. The van der Waals surface area contributed by atoms with Gasteiger partial charge in [0.05, 0.1) is 16.6 Å². The summed E-state index contributed by atoms with van der Waals surface area (Å²) in [6, 6.07) is 1.63. The normalized spacial score (nSPS) is 11.2. The number of hydrogen-bond donors (Lipinski definition) is 0. The first-order valence-corrected chi connectivity index (χ1v) is 5.78. The van der Waals surface area contributed by atoms with E-state index in [4.69, 9.17) is 4.74 Å². The number of nitro groups is 1. The van der Waals surface area contributed by atoms with Crippen molar-refractivity contribution in [2.75, 3.05) is 0 Å². The standard InChI is InChI=1S/C11H11BrFNO4/c1-11(2,3)18-10(15)7-4-6(13)5-8(9(7)12)14(16)17/h4-5H,1-3H3. The van der Waals surface area contributed by atoms with Crippen LogP contribution in [0, 0.1) is 15.9 Å². The molecule has 0 aliphatic carbocycles. The van der Waals surface area contributed by atoms with E-state index in [9.17, 15) is 19.3 Å². The van der Waals surface area contributed by atoms with Gasteiger partial charge >= 0.3 is 5.97 Å². The first kappa shape index (κ1) is 14.6. The molecule has 0 amide bonds. The van der Waals surface area contributed by atoms with Gasteiger partial charge in [0.2, 0.25) is 0 Å². The van der Waals surface area contributed by atoms with Crippen molar-refractivity contribution in [2.24, 2.45) is 0 Å². The Morgan fingerprint density at radius 3 is 2.44 bits per heavy atom. The van der Waals surface area contributed by atoms with Crippen molar-refractivity contribution in [3.63, 3.8) is 0 Å². The van der Waals surface area contributed by atoms with Crippen molar-refractivity contribution in [2.45, 2.75) is 26.4 Å². The lowest BCUT2D eigenvalue weighted by atomic mass is 10.1. The highest BCUT2D eigenvalue weighted by Crippen LogP contribution is 2.31. The van der Waals surface area contributed by atoms with E-state index >= 15 is 0 Å². The fourth-order valence-electron chi connectivity index (χ4n) is 1.19. The van der Waals surface area contributed by atoms with Gasteiger partial charge in [-0.05, 0) is 42.8 Å². The summed E-state index contributed by atoms with van der Waals surface area (Å²) in [7, 11) is 0. The highest BCUT2D eigenvalue weighted by molar-refractivity contribution is 9.10. The Labute approximate surface area is 111 Å². The number of hydrogen-bond acceptors (Lipinski definition) is 4. The van der Waals surface area contributed by atoms with E-state index in [2.05, 4.69) is 15.9 Å². The quantitative estimate of drug-likeness (QED) is 0.475. The molecule has 0 bridgehead atoms. The van der Waals surface area contributed by atoms with Crippen molar-refractivity contribution >= 4 is 27.6 Å². The molecule has 1 aromatic carbocycles. The molecule has 1 aromatic rings. The van der Waals surface area contributed by atoms with Crippen LogP contribution < -0.4 is 0 Å². The van der Waals surface area contributed by atoms with Gasteiger partial charge < -0.3 is 4.74 Å². The van der Waals surface area contributed by atoms with Crippen LogP contribution in [0.5, 0.6) is 0 Å². The Morgan fingerprint density at radius 1 is 1.44 bits per heavy atom. The number of rotatable bonds is 2. The second kappa shape index (κ2) is 5.01. The summed E-state index contributed by atoms with van der Waals surface area (Å²) in [4.78, 5) is 21.7. The summed E-state index contributed by atoms with van der Waals surface area (Å²) < 4.78 is 18.2. The fourth-order valence-corrected chi connectivity index (χ4v) is 1.72. The molecule has 7 heteroatoms. The van der Waals surface area contributed by atoms with E-state index in [0.717, 1.165) is 12.1 Å². The third-order valence-corrected chi connectivity index (χ3v) is 2.67. The summed E-state index contributed by atoms with van der Waals surface area (Å²) in [5.41, 5.74) is -1.50. The maximum absolute atomic E-state index is 13.2. The zero-order chi connectivity index (χ0) is 14.1. The van der Waals surface area contributed by atoms with E-state index in [1.54, 1.807) is 20.8 Å². The van der Waals surface area contributed by atoms with Crippen LogP contribution in [0.25, 0.3) is 0 Å². The molecule has 0 aromatic heterocycles. The van der Waals surface area contributed by atoms with Gasteiger partial charge in [-0.2, -0.15) is 0 Å². The minimum atomic E-state index is -0.870. The molecule has 0 saturated heterocycles. The second-order valence-corrected chi connectivity index (χ2v) is 5.34. The minimum absolute atomic E-state index is 0.0943. The van der Waals surface area contributed by atoms with Gasteiger partial charge in [0.15, 0.2) is 0 Å². The summed E-state index contributed by atoms with van der Waals surface area (Å²) in [6.07, 6.45) is 0. The third-order valence-electron chi connectivity index (χ3n) is 1.83. The number of benzene rings is 1. The van der Waals surface area contributed by atoms with Gasteiger partial charge in [0.25, 0.3) is 5.69 Å². The van der Waals surface area contributed by atoms with E-state index < -0.39 is 28.0 Å². The van der Waals surface area contributed by atoms with Gasteiger partial charge in [-0.1, -0.05) is 0 Å². The lowest BCUT2D eigenvalue weighted by Crippen LogP contribution is -2.24. The van der Waals surface area contributed by atoms with Crippen molar-refractivity contribution < 1.29 is 18.8 Å². The molecule has 0 saturated carbocycles. The molecule has 0 aliphatic heterocycles. The Bertz CT molecular complexity index is 511. The maximum atomic E-state index is 13.2. The highest BCUT2D eigenvalue weighted by atomic mass is 79.9. The molecule has 1 rings (SSSR count). The molecular formula is C11H11BrFNO4. The summed E-state index contributed by atoms with van der Waals surface area (Å²) in [5, 5.41) is 10.7. The summed E-state index contributed by atoms with van der Waals surface area (Å²) in [5.74, 6) is -1.69. The van der Waals surface area contributed by atoms with Crippen LogP contribution in [0.3, 0.4) is 0 Å². The van der Waals surface area contributed by atoms with E-state index in [0.29, 0.717) is 0 Å². The van der Waals surface area contributed by atoms with E-state index in [1.165, 1.54) is 0 Å². The maximum Gasteiger partial charge on any atom is 0.340 e. The number of ether oxygens (including phenoxy) is 1. The Balaban J connectivity index is 3.25. The number of nitrogens with zero attached hydrogens (tertiary/aromatic N) is 1. The van der Waals surface area contributed by atoms with E-state index in [-0.39, 0.29) is 10.0 Å². The van der Waals surface area contributed by atoms with Crippen LogP contribution >= 0.6 is 15.9 Å². The molecule has 5 nitrogen and oxygen atoms in total. The van der Waals surface area contributed by atoms with Crippen LogP contribution in [0.4, 0.5) is 10.1 Å². The highest BCUT2D eigenvalue weighted by Gasteiger charge is 2.25. The van der Waals surface area contributed by atoms with Crippen LogP contribution in [-0.4, -0.2) is 16.5 Å². The molecule has 0 N–H and O–H groups in total. The summed E-state index contributed by atoms with van der Waals surface area (Å²) >= 11 is 2.91. The lowest BCUT2D eigenvalue weighted by molar-refractivity contribution is -0.385. The van der Waals surface area contributed by atoms with Crippen molar-refractivity contribution in [1.29, 1.82) is 0 Å². The van der Waals surface area contributed by atoms with Crippen molar-refractivity contribution in [3.05, 3.63) is 38.1 Å². The lowest BCUT2D eigenvalue weighted by Gasteiger charge is -2.19. The van der Waals surface area contributed by atoms with Gasteiger partial charge in [0.1, 0.15) is 15.9 Å². The molecule has 0 unspecified atom stereocenters. The summed E-state index contributed by atoms with van der Waals surface area (Å²) in [6.45, 7) is 4.94. The molecule has 0 atom stereocenters. The Kier molecular flexibility index (Phi) is 4.05. The molecule has 18 heavy (non-hydrogen) atoms. The predicted octanol–water partition coefficient (Wildman–Crippen LogP) is 3.45. The van der Waals surface area contributed by atoms with Gasteiger partial charge in [-0.25, -0.2) is 9.18 Å². The first-order valence-electron chi connectivity index (χ1n) is 4.98. The van der Waals surface area contributed by atoms with Crippen LogP contribution in [0.15, 0.2) is 16.6 Å². The van der Waals surface area contributed by atoms with Crippen molar-refractivity contribution in [3.8, 4) is 0 Å². The molecular weight excluding hydrogens is 309 g/mol. The first-order chi connectivity index (χ1) is 8.11. The molecule has 98 valence electrons. The largest absolute Gasteiger partial charge is 0.456 e. The number of nitro benzene ring substituents is 1. The number of carbonyl (C=O) groups is 1. The monoisotopic (exact) mass is 319 g/mol. The van der Waals surface area contributed by atoms with Gasteiger partial charge in [-0.15, -0.1) is 0 Å². The molecule has 0 fully saturated rings. The predicted molar refractivity (Wildman–Crippen MR) is 65.9 cm³/mol. The number of halogens is 2. The smallest absolute Gasteiger partial charge is 0.340 e. The van der Waals surface area contributed by atoms with Crippen LogP contribution in [-0.2, 0) is 4.74 Å². The Morgan fingerprint density at radius 2 is 2.00 bits per heavy atom. The van der Waals surface area contributed by atoms with Crippen LogP contribution in [0.1, 0.15) is 31.1 Å². The average molecular weight is 320 g/mol. The van der Waals surface area contributed by atoms with Crippen molar-refractivity contribution in [1.82, 2.24) is 0 Å². The SMILES string of the molecule is CC(C)(C)OC(=O)c1cc(F)cc([N+](=O)[O-])c1Br. The van der Waals surface area contributed by atoms with E-state index in [1.807, 2.05) is 0 Å². The van der Waals surface area contributed by atoms with Gasteiger partial charge in [-0.3, -0.25) is 10.1 Å². The zero-order valence-corrected chi connectivity index (χ0v) is 11.6. The number of esters is 1. The zero-order valence-electron chi connectivity index (χ0n) is 9.99. The Hall–Kier alpha value is -1.50. The van der Waals surface area contributed by atoms with Gasteiger partial charge in [0, 0.05) is 0 Å². The minimum Gasteiger partial charge on any atom is -0.456 e. The molecule has 0 spiro atoms. The average Bonchev–Trinajstić information content (AvgIpc) is 2.17. The molecule has 0 radical (unpaired) electrons. The third kappa shape index (κ3) is 3.49. The number of carbonyl (C=O) groups excluding carboxylic acids is 1. The van der Waals surface area contributed by atoms with Crippen LogP contribution in [0.2, 0.25) is 0 Å².